The summed E-state index contributed by atoms with van der Waals surface area (Å²) >= 11 is 1.90. The number of hydrogen-bond donors (Lipinski definition) is 0. The van der Waals surface area contributed by atoms with E-state index in [1.54, 1.807) is 0 Å². The highest BCUT2D eigenvalue weighted by Gasteiger charge is 2.09. The van der Waals surface area contributed by atoms with Crippen molar-refractivity contribution in [2.45, 2.75) is 26.7 Å². The van der Waals surface area contributed by atoms with Gasteiger partial charge in [0.15, 0.2) is 0 Å². The number of nitrogens with zero attached hydrogens (tertiary/aromatic N) is 1. The zero-order chi connectivity index (χ0) is 7.40. The maximum Gasteiger partial charge on any atom is 0.0677 e. The zero-order valence-electron chi connectivity index (χ0n) is 7.17. The van der Waals surface area contributed by atoms with Gasteiger partial charge in [-0.25, -0.2) is 0 Å². The molecule has 0 aromatic carbocycles. The third-order valence-electron chi connectivity index (χ3n) is 1.76. The van der Waals surface area contributed by atoms with Gasteiger partial charge in [0.2, 0.25) is 0 Å². The van der Waals surface area contributed by atoms with Crippen LogP contribution in [0.5, 0.6) is 0 Å². The molecule has 1 rings (SSSR count). The summed E-state index contributed by atoms with van der Waals surface area (Å²) in [6.07, 6.45) is 2.63. The molecule has 0 aromatic heterocycles. The van der Waals surface area contributed by atoms with E-state index >= 15 is 0 Å². The average molecular weight is 194 g/mol. The molecule has 0 aliphatic carbocycles. The van der Waals surface area contributed by atoms with Crippen molar-refractivity contribution < 1.29 is 0 Å². The molecule has 0 saturated carbocycles. The van der Waals surface area contributed by atoms with Crippen molar-refractivity contribution >= 4 is 24.2 Å². The second kappa shape index (κ2) is 5.78. The van der Waals surface area contributed by atoms with Gasteiger partial charge < -0.3 is 4.90 Å². The van der Waals surface area contributed by atoms with Crippen LogP contribution in [-0.2, 0) is 0 Å². The molecular formula is C8H16ClNS. The fraction of sp³-hybridized carbons (Fsp3) is 0.750. The van der Waals surface area contributed by atoms with Gasteiger partial charge in [-0.3, -0.25) is 0 Å². The van der Waals surface area contributed by atoms with Gasteiger partial charge in [-0.1, -0.05) is 13.3 Å². The molecule has 0 radical (unpaired) electrons. The van der Waals surface area contributed by atoms with Crippen LogP contribution in [0.1, 0.15) is 26.7 Å². The van der Waals surface area contributed by atoms with Gasteiger partial charge in [0.05, 0.1) is 5.88 Å². The maximum absolute atomic E-state index is 2.44. The van der Waals surface area contributed by atoms with Crippen LogP contribution in [0.2, 0.25) is 0 Å². The number of unbranched alkanes of at least 4 members (excludes halogenated alkanes) is 1. The molecule has 0 bridgehead atoms. The molecule has 0 aromatic rings. The minimum atomic E-state index is 0. The summed E-state index contributed by atoms with van der Waals surface area (Å²) in [4.78, 5) is 2.44. The average Bonchev–Trinajstić information content (AvgIpc) is 2.31. The van der Waals surface area contributed by atoms with E-state index in [9.17, 15) is 0 Å². The van der Waals surface area contributed by atoms with Gasteiger partial charge in [-0.05, 0) is 18.8 Å². The number of allylic oxidation sites excluding steroid dienone is 1. The molecule has 0 unspecified atom stereocenters. The monoisotopic (exact) mass is 193 g/mol. The fourth-order valence-electron chi connectivity index (χ4n) is 1.01. The topological polar surface area (TPSA) is 3.24 Å². The van der Waals surface area contributed by atoms with Crippen LogP contribution in [0.4, 0.5) is 0 Å². The van der Waals surface area contributed by atoms with Crippen LogP contribution < -0.4 is 0 Å². The summed E-state index contributed by atoms with van der Waals surface area (Å²) in [5, 5.41) is 2.25. The van der Waals surface area contributed by atoms with Gasteiger partial charge in [0.1, 0.15) is 0 Å². The Morgan fingerprint density at radius 2 is 2.36 bits per heavy atom. The molecule has 11 heavy (non-hydrogen) atoms. The Labute approximate surface area is 79.6 Å². The summed E-state index contributed by atoms with van der Waals surface area (Å²) in [5.74, 6) is 1.17. The molecule has 0 fully saturated rings. The van der Waals surface area contributed by atoms with E-state index in [-0.39, 0.29) is 12.4 Å². The minimum Gasteiger partial charge on any atom is -0.365 e. The Morgan fingerprint density at radius 1 is 1.64 bits per heavy atom. The van der Waals surface area contributed by atoms with Crippen molar-refractivity contribution in [1.82, 2.24) is 4.90 Å². The number of halogens is 1. The highest BCUT2D eigenvalue weighted by molar-refractivity contribution is 8.02. The summed E-state index contributed by atoms with van der Waals surface area (Å²) in [7, 11) is 0. The SMILES string of the molecule is CCCCN1CSC=C1C.Cl. The van der Waals surface area contributed by atoms with Crippen molar-refractivity contribution in [3.8, 4) is 0 Å². The molecule has 1 aliphatic heterocycles. The Kier molecular flexibility index (Phi) is 5.88. The van der Waals surface area contributed by atoms with Gasteiger partial charge in [-0.2, -0.15) is 0 Å². The molecule has 1 nitrogen and oxygen atoms in total. The van der Waals surface area contributed by atoms with Gasteiger partial charge in [-0.15, -0.1) is 24.2 Å². The largest absolute Gasteiger partial charge is 0.365 e. The molecule has 3 heteroatoms. The fourth-order valence-corrected chi connectivity index (χ4v) is 1.99. The zero-order valence-corrected chi connectivity index (χ0v) is 8.80. The molecule has 66 valence electrons. The van der Waals surface area contributed by atoms with Crippen molar-refractivity contribution in [1.29, 1.82) is 0 Å². The second-order valence-corrected chi connectivity index (χ2v) is 3.50. The number of hydrogen-bond acceptors (Lipinski definition) is 2. The molecule has 0 spiro atoms. The van der Waals surface area contributed by atoms with Gasteiger partial charge in [0, 0.05) is 12.2 Å². The number of rotatable bonds is 3. The standard InChI is InChI=1S/C8H15NS.ClH/c1-3-4-5-9-7-10-6-8(9)2;/h6H,3-5,7H2,1-2H3;1H. The van der Waals surface area contributed by atoms with Crippen LogP contribution in [0.3, 0.4) is 0 Å². The molecule has 0 amide bonds. The second-order valence-electron chi connectivity index (χ2n) is 2.67. The van der Waals surface area contributed by atoms with E-state index in [0.29, 0.717) is 0 Å². The predicted octanol–water partition coefficient (Wildman–Crippen LogP) is 3.08. The summed E-state index contributed by atoms with van der Waals surface area (Å²) in [6.45, 7) is 5.67. The lowest BCUT2D eigenvalue weighted by Gasteiger charge is -2.17. The Morgan fingerprint density at radius 3 is 2.82 bits per heavy atom. The van der Waals surface area contributed by atoms with Crippen LogP contribution in [0.15, 0.2) is 11.1 Å². The molecule has 1 heterocycles. The first-order chi connectivity index (χ1) is 4.84. The minimum absolute atomic E-state index is 0. The third kappa shape index (κ3) is 3.39. The van der Waals surface area contributed by atoms with E-state index in [1.165, 1.54) is 31.0 Å². The molecule has 0 N–H and O–H groups in total. The van der Waals surface area contributed by atoms with Crippen LogP contribution >= 0.6 is 24.2 Å². The first-order valence-electron chi connectivity index (χ1n) is 3.88. The third-order valence-corrected chi connectivity index (χ3v) is 2.73. The molecule has 1 aliphatic rings. The molecular weight excluding hydrogens is 178 g/mol. The molecule has 0 atom stereocenters. The van der Waals surface area contributed by atoms with E-state index in [2.05, 4.69) is 24.2 Å². The van der Waals surface area contributed by atoms with E-state index in [1.807, 2.05) is 11.8 Å². The Balaban J connectivity index is 0.000001000. The summed E-state index contributed by atoms with van der Waals surface area (Å²) in [5.41, 5.74) is 1.44. The van der Waals surface area contributed by atoms with Gasteiger partial charge >= 0.3 is 0 Å². The smallest absolute Gasteiger partial charge is 0.0677 e. The van der Waals surface area contributed by atoms with E-state index < -0.39 is 0 Å². The predicted molar refractivity (Wildman–Crippen MR) is 55.1 cm³/mol. The van der Waals surface area contributed by atoms with Crippen molar-refractivity contribution in [3.05, 3.63) is 11.1 Å². The highest BCUT2D eigenvalue weighted by atomic mass is 35.5. The lowest BCUT2D eigenvalue weighted by molar-refractivity contribution is 0.400. The molecule has 0 saturated heterocycles. The lowest BCUT2D eigenvalue weighted by Crippen LogP contribution is -2.18. The summed E-state index contributed by atoms with van der Waals surface area (Å²) in [6, 6.07) is 0. The van der Waals surface area contributed by atoms with Gasteiger partial charge in [0.25, 0.3) is 0 Å². The lowest BCUT2D eigenvalue weighted by atomic mass is 10.3. The Bertz CT molecular complexity index is 136. The van der Waals surface area contributed by atoms with Crippen LogP contribution in [0, 0.1) is 0 Å². The normalized spacial score (nSPS) is 16.2. The highest BCUT2D eigenvalue weighted by Crippen LogP contribution is 2.22. The van der Waals surface area contributed by atoms with E-state index in [4.69, 9.17) is 0 Å². The Hall–Kier alpha value is 0.180. The first-order valence-corrected chi connectivity index (χ1v) is 4.92. The van der Waals surface area contributed by atoms with Crippen molar-refractivity contribution in [2.24, 2.45) is 0 Å². The van der Waals surface area contributed by atoms with E-state index in [0.717, 1.165) is 0 Å². The maximum atomic E-state index is 2.44. The van der Waals surface area contributed by atoms with Crippen LogP contribution in [-0.4, -0.2) is 17.3 Å². The quantitative estimate of drug-likeness (QED) is 0.678. The van der Waals surface area contributed by atoms with Crippen molar-refractivity contribution in [3.63, 3.8) is 0 Å². The summed E-state index contributed by atoms with van der Waals surface area (Å²) < 4.78 is 0. The van der Waals surface area contributed by atoms with Crippen molar-refractivity contribution in [2.75, 3.05) is 12.4 Å². The number of thioether (sulfide) groups is 1. The first kappa shape index (κ1) is 11.2. The van der Waals surface area contributed by atoms with Crippen LogP contribution in [0.25, 0.3) is 0 Å².